The monoisotopic (exact) mass is 566 g/mol. The lowest BCUT2D eigenvalue weighted by Gasteiger charge is -2.13. The number of rotatable bonds is 10. The highest BCUT2D eigenvalue weighted by Gasteiger charge is 2.17. The molecule has 0 aliphatic carbocycles. The van der Waals surface area contributed by atoms with Crippen molar-refractivity contribution >= 4 is 47.0 Å². The van der Waals surface area contributed by atoms with Crippen molar-refractivity contribution in [2.45, 2.75) is 0 Å². The average molecular weight is 567 g/mol. The normalized spacial score (nSPS) is 11.1. The van der Waals surface area contributed by atoms with Gasteiger partial charge in [-0.1, -0.05) is 48.0 Å². The number of nitrogens with one attached hydrogen (secondary N) is 2. The number of hydrogen-bond donors (Lipinski definition) is 2. The first-order chi connectivity index (χ1) is 19.9. The van der Waals surface area contributed by atoms with Crippen LogP contribution in [0.1, 0.15) is 31.8 Å². The van der Waals surface area contributed by atoms with E-state index >= 15 is 0 Å². The molecule has 0 aliphatic heterocycles. The van der Waals surface area contributed by atoms with E-state index in [4.69, 9.17) is 21.1 Å². The molecule has 2 amide bonds. The predicted octanol–water partition coefficient (Wildman–Crippen LogP) is 6.66. The van der Waals surface area contributed by atoms with Crippen molar-refractivity contribution in [3.8, 4) is 11.5 Å². The number of allylic oxidation sites excluding steroid dienone is 1. The molecule has 7 nitrogen and oxygen atoms in total. The Bertz CT molecular complexity index is 1600. The molecular weight excluding hydrogens is 540 g/mol. The Hall–Kier alpha value is -5.14. The third kappa shape index (κ3) is 7.94. The largest absolute Gasteiger partial charge is 0.497 e. The molecule has 4 aromatic rings. The Morgan fingerprint density at radius 2 is 1.49 bits per heavy atom. The van der Waals surface area contributed by atoms with Crippen LogP contribution in [0.25, 0.3) is 12.2 Å². The fourth-order valence-corrected chi connectivity index (χ4v) is 3.93. The molecule has 4 aromatic carbocycles. The second kappa shape index (κ2) is 13.8. The van der Waals surface area contributed by atoms with Crippen LogP contribution in [-0.2, 0) is 4.79 Å². The molecule has 2 N–H and O–H groups in total. The van der Waals surface area contributed by atoms with Gasteiger partial charge in [-0.25, -0.2) is 0 Å². The summed E-state index contributed by atoms with van der Waals surface area (Å²) in [6.07, 6.45) is 4.68. The molecule has 206 valence electrons. The van der Waals surface area contributed by atoms with Crippen LogP contribution >= 0.6 is 11.6 Å². The number of benzene rings is 4. The fourth-order valence-electron chi connectivity index (χ4n) is 3.81. The fraction of sp³-hybridized carbons (Fsp3) is 0.0606. The smallest absolute Gasteiger partial charge is 0.272 e. The molecule has 0 fully saturated rings. The summed E-state index contributed by atoms with van der Waals surface area (Å²) in [5, 5.41) is 6.09. The molecule has 0 atom stereocenters. The highest BCUT2D eigenvalue weighted by atomic mass is 35.5. The molecule has 0 unspecified atom stereocenters. The van der Waals surface area contributed by atoms with Gasteiger partial charge in [0.1, 0.15) is 17.2 Å². The molecule has 0 heterocycles. The summed E-state index contributed by atoms with van der Waals surface area (Å²) in [6.45, 7) is 0. The summed E-state index contributed by atoms with van der Waals surface area (Å²) in [4.78, 5) is 38.9. The molecule has 0 saturated carbocycles. The van der Waals surface area contributed by atoms with Crippen LogP contribution in [0.4, 0.5) is 5.69 Å². The van der Waals surface area contributed by atoms with Crippen LogP contribution in [-0.4, -0.2) is 31.8 Å². The number of halogens is 1. The van der Waals surface area contributed by atoms with Crippen LogP contribution in [0.3, 0.4) is 0 Å². The Labute approximate surface area is 243 Å². The Kier molecular flexibility index (Phi) is 9.70. The first-order valence-corrected chi connectivity index (χ1v) is 12.9. The van der Waals surface area contributed by atoms with E-state index in [0.717, 1.165) is 5.56 Å². The number of carbonyl (C=O) groups is 3. The van der Waals surface area contributed by atoms with E-state index in [1.54, 1.807) is 91.0 Å². The molecule has 0 aromatic heterocycles. The lowest BCUT2D eigenvalue weighted by atomic mass is 10.1. The number of anilines is 1. The predicted molar refractivity (Wildman–Crippen MR) is 161 cm³/mol. The van der Waals surface area contributed by atoms with Gasteiger partial charge in [-0.15, -0.1) is 0 Å². The van der Waals surface area contributed by atoms with Gasteiger partial charge in [0.15, 0.2) is 5.78 Å². The maximum atomic E-state index is 13.4. The summed E-state index contributed by atoms with van der Waals surface area (Å²) in [7, 11) is 3.04. The number of ketones is 1. The number of methoxy groups -OCH3 is 2. The maximum absolute atomic E-state index is 13.4. The van der Waals surface area contributed by atoms with Gasteiger partial charge in [0, 0.05) is 27.4 Å². The molecule has 0 saturated heterocycles. The van der Waals surface area contributed by atoms with Crippen LogP contribution in [0.2, 0.25) is 5.02 Å². The van der Waals surface area contributed by atoms with E-state index in [9.17, 15) is 14.4 Å². The standard InChI is InChI=1S/C33H27ClN2O5/c1-40-28-17-19-31(41-2)25(20-28)21-29(36-32(38)24-6-4-3-5-7-24)33(39)35-27-15-11-23(12-16-27)30(37)18-10-22-8-13-26(34)14-9-22/h3-21H,1-2H3,(H,35,39)(H,36,38)/b18-10+,29-21-. The second-order valence-electron chi connectivity index (χ2n) is 8.77. The van der Waals surface area contributed by atoms with Gasteiger partial charge in [0.05, 0.1) is 14.2 Å². The van der Waals surface area contributed by atoms with Crippen LogP contribution in [0, 0.1) is 0 Å². The Balaban J connectivity index is 1.55. The van der Waals surface area contributed by atoms with Crippen LogP contribution in [0.5, 0.6) is 11.5 Å². The molecule has 41 heavy (non-hydrogen) atoms. The van der Waals surface area contributed by atoms with E-state index in [-0.39, 0.29) is 11.5 Å². The highest BCUT2D eigenvalue weighted by Crippen LogP contribution is 2.26. The van der Waals surface area contributed by atoms with Crippen LogP contribution < -0.4 is 20.1 Å². The number of hydrogen-bond acceptors (Lipinski definition) is 5. The SMILES string of the molecule is COc1ccc(OC)c(/C=C(\NC(=O)c2ccccc2)C(=O)Nc2ccc(C(=O)/C=C/c3ccc(Cl)cc3)cc2)c1. The third-order valence-corrected chi connectivity index (χ3v) is 6.24. The van der Waals surface area contributed by atoms with Crippen molar-refractivity contribution in [2.24, 2.45) is 0 Å². The van der Waals surface area contributed by atoms with E-state index < -0.39 is 11.8 Å². The summed E-state index contributed by atoms with van der Waals surface area (Å²) >= 11 is 5.90. The molecule has 0 bridgehead atoms. The minimum Gasteiger partial charge on any atom is -0.497 e. The average Bonchev–Trinajstić information content (AvgIpc) is 3.01. The topological polar surface area (TPSA) is 93.7 Å². The van der Waals surface area contributed by atoms with Gasteiger partial charge < -0.3 is 20.1 Å². The summed E-state index contributed by atoms with van der Waals surface area (Å²) in [6, 6.07) is 27.3. The van der Waals surface area contributed by atoms with Crippen LogP contribution in [0.15, 0.2) is 109 Å². The first-order valence-electron chi connectivity index (χ1n) is 12.6. The number of ether oxygens (including phenoxy) is 2. The van der Waals surface area contributed by atoms with Crippen molar-refractivity contribution in [1.29, 1.82) is 0 Å². The Morgan fingerprint density at radius 1 is 0.780 bits per heavy atom. The van der Waals surface area contributed by atoms with E-state index in [0.29, 0.717) is 38.9 Å². The van der Waals surface area contributed by atoms with Gasteiger partial charge in [-0.3, -0.25) is 14.4 Å². The zero-order valence-corrected chi connectivity index (χ0v) is 23.1. The zero-order valence-electron chi connectivity index (χ0n) is 22.4. The minimum absolute atomic E-state index is 0.0172. The minimum atomic E-state index is -0.569. The van der Waals surface area contributed by atoms with Crippen molar-refractivity contribution in [3.05, 3.63) is 136 Å². The number of amides is 2. The van der Waals surface area contributed by atoms with Gasteiger partial charge in [-0.05, 0) is 84.4 Å². The van der Waals surface area contributed by atoms with Crippen molar-refractivity contribution in [3.63, 3.8) is 0 Å². The third-order valence-electron chi connectivity index (χ3n) is 5.99. The summed E-state index contributed by atoms with van der Waals surface area (Å²) in [5.41, 5.74) is 2.62. The summed E-state index contributed by atoms with van der Waals surface area (Å²) in [5.74, 6) is -0.182. The molecule has 0 spiro atoms. The van der Waals surface area contributed by atoms with Gasteiger partial charge in [0.2, 0.25) is 0 Å². The molecule has 0 aliphatic rings. The van der Waals surface area contributed by atoms with Gasteiger partial charge >= 0.3 is 0 Å². The van der Waals surface area contributed by atoms with E-state index in [1.807, 2.05) is 12.1 Å². The maximum Gasteiger partial charge on any atom is 0.272 e. The quantitative estimate of drug-likeness (QED) is 0.165. The molecular formula is C33H27ClN2O5. The molecule has 0 radical (unpaired) electrons. The highest BCUT2D eigenvalue weighted by molar-refractivity contribution is 6.30. The molecule has 4 rings (SSSR count). The van der Waals surface area contributed by atoms with Crippen molar-refractivity contribution in [2.75, 3.05) is 19.5 Å². The lowest BCUT2D eigenvalue weighted by Crippen LogP contribution is -2.30. The summed E-state index contributed by atoms with van der Waals surface area (Å²) < 4.78 is 10.7. The number of carbonyl (C=O) groups excluding carboxylic acids is 3. The van der Waals surface area contributed by atoms with Gasteiger partial charge in [-0.2, -0.15) is 0 Å². The van der Waals surface area contributed by atoms with Crippen molar-refractivity contribution in [1.82, 2.24) is 5.32 Å². The van der Waals surface area contributed by atoms with E-state index in [1.165, 1.54) is 26.4 Å². The molecule has 8 heteroatoms. The van der Waals surface area contributed by atoms with Gasteiger partial charge in [0.25, 0.3) is 11.8 Å². The lowest BCUT2D eigenvalue weighted by molar-refractivity contribution is -0.113. The van der Waals surface area contributed by atoms with Crippen molar-refractivity contribution < 1.29 is 23.9 Å². The second-order valence-corrected chi connectivity index (χ2v) is 9.20. The van der Waals surface area contributed by atoms with E-state index in [2.05, 4.69) is 10.6 Å². The first kappa shape index (κ1) is 28.9. The zero-order chi connectivity index (χ0) is 29.2. The Morgan fingerprint density at radius 3 is 2.15 bits per heavy atom.